The van der Waals surface area contributed by atoms with Gasteiger partial charge in [-0.3, -0.25) is 49.0 Å². The third-order valence-electron chi connectivity index (χ3n) is 11.9. The fourth-order valence-electron chi connectivity index (χ4n) is 8.16. The minimum absolute atomic E-state index is 0.126. The number of nitrogens with zero attached hydrogens (tertiary/aromatic N) is 10. The van der Waals surface area contributed by atoms with Gasteiger partial charge in [0, 0.05) is 183 Å². The maximum absolute atomic E-state index is 11.2. The van der Waals surface area contributed by atoms with Gasteiger partial charge in [-0.15, -0.1) is 0 Å². The Morgan fingerprint density at radius 1 is 0.337 bits per heavy atom. The van der Waals surface area contributed by atoms with Crippen molar-refractivity contribution < 1.29 is 134 Å². The van der Waals surface area contributed by atoms with E-state index in [0.29, 0.717) is 45.8 Å². The molecule has 0 aromatic heterocycles. The summed E-state index contributed by atoms with van der Waals surface area (Å²) >= 11 is 0. The summed E-state index contributed by atoms with van der Waals surface area (Å²) in [4.78, 5) is 154. The molecule has 1 aliphatic rings. The van der Waals surface area contributed by atoms with Gasteiger partial charge in [-0.05, 0) is 21.0 Å². The number of aliphatic carboxylic acids is 13. The molecule has 0 aromatic rings. The molecule has 1 rings (SSSR count). The number of hydrogen-bond acceptors (Lipinski definition) is 39. The van der Waals surface area contributed by atoms with E-state index in [9.17, 15) is 134 Å². The number of β-amino-alcohol motifs (C(OH)–C–C–N with tert-alkyl or cyclic N) is 1. The number of nitrogens with one attached hydrogen (secondary N) is 2. The largest absolute Gasteiger partial charge is 0.549 e. The minimum atomic E-state index is -1.62. The van der Waals surface area contributed by atoms with Crippen LogP contribution in [-0.2, 0) is 62.3 Å². The zero-order valence-electron chi connectivity index (χ0n) is 47.6. The molecule has 39 nitrogen and oxygen atoms in total. The van der Waals surface area contributed by atoms with Crippen LogP contribution in [0.25, 0.3) is 0 Å². The monoisotopic (exact) mass is 1240 g/mol. The van der Waals surface area contributed by atoms with Gasteiger partial charge in [0.1, 0.15) is 12.3 Å². The number of aliphatic hydroxyl groups is 1. The molecule has 494 valence electrons. The van der Waals surface area contributed by atoms with Crippen molar-refractivity contribution in [3.8, 4) is 0 Å². The number of rotatable bonds is 42. The maximum Gasteiger partial charge on any atom is 0.101 e. The van der Waals surface area contributed by atoms with E-state index in [0.717, 1.165) is 19.6 Å². The average molecular weight is 1240 g/mol. The smallest absolute Gasteiger partial charge is 0.101 e. The van der Waals surface area contributed by atoms with Gasteiger partial charge in [0.25, 0.3) is 0 Å². The number of carbonyl (C=O) groups excluding carboxylic acids is 13. The molecule has 3 N–H and O–H groups in total. The summed E-state index contributed by atoms with van der Waals surface area (Å²) in [5, 5.41) is 156. The molecule has 1 heterocycles. The van der Waals surface area contributed by atoms with E-state index in [-0.39, 0.29) is 85.1 Å². The summed E-state index contributed by atoms with van der Waals surface area (Å²) in [6.45, 7) is -3.32. The van der Waals surface area contributed by atoms with Crippen LogP contribution >= 0.6 is 0 Å². The minimum Gasteiger partial charge on any atom is -0.549 e. The highest BCUT2D eigenvalue weighted by molar-refractivity contribution is 5.74. The molecule has 0 spiro atoms. The maximum atomic E-state index is 11.2. The van der Waals surface area contributed by atoms with Crippen molar-refractivity contribution in [1.82, 2.24) is 59.6 Å². The van der Waals surface area contributed by atoms with Gasteiger partial charge in [0.15, 0.2) is 0 Å². The van der Waals surface area contributed by atoms with Crippen molar-refractivity contribution in [3.63, 3.8) is 0 Å². The summed E-state index contributed by atoms with van der Waals surface area (Å²) < 4.78 is 0. The summed E-state index contributed by atoms with van der Waals surface area (Å²) in [7, 11) is 2.49. The predicted molar refractivity (Wildman–Crippen MR) is 257 cm³/mol. The number of aliphatic hydroxyl groups excluding tert-OH is 1. The molecule has 3 unspecified atom stereocenters. The Balaban J connectivity index is 0. The van der Waals surface area contributed by atoms with Gasteiger partial charge < -0.3 is 144 Å². The van der Waals surface area contributed by atoms with Crippen molar-refractivity contribution in [3.05, 3.63) is 0 Å². The van der Waals surface area contributed by atoms with Crippen molar-refractivity contribution >= 4 is 77.6 Å². The van der Waals surface area contributed by atoms with E-state index in [1.165, 1.54) is 23.9 Å². The molecule has 86 heavy (non-hydrogen) atoms. The Kier molecular flexibility index (Phi) is 42.2. The summed E-state index contributed by atoms with van der Waals surface area (Å²) in [6.07, 6.45) is -3.61. The predicted octanol–water partition coefficient (Wildman–Crippen LogP) is -25.8. The summed E-state index contributed by atoms with van der Waals surface area (Å²) in [6, 6.07) is 0. The molecule has 1 fully saturated rings. The van der Waals surface area contributed by atoms with E-state index in [4.69, 9.17) is 0 Å². The fraction of sp³-hybridized carbons (Fsp3) is 0.723. The number of carbonyl (C=O) groups is 13. The summed E-state index contributed by atoms with van der Waals surface area (Å²) in [5.74, 6) is -19.3. The Morgan fingerprint density at radius 2 is 0.547 bits per heavy atom. The second kappa shape index (κ2) is 45.0. The highest BCUT2D eigenvalue weighted by atomic mass is 16.4. The quantitative estimate of drug-likeness (QED) is 0.0478. The number of hydrogen-bond donors (Lipinski definition) is 3. The lowest BCUT2D eigenvalue weighted by atomic mass is 10.3. The van der Waals surface area contributed by atoms with Crippen LogP contribution in [0.2, 0.25) is 0 Å². The molecule has 0 aliphatic carbocycles. The second-order valence-corrected chi connectivity index (χ2v) is 19.0. The average Bonchev–Trinajstić information content (AvgIpc) is 3.53. The van der Waals surface area contributed by atoms with Crippen molar-refractivity contribution in [2.75, 3.05) is 197 Å². The molecule has 0 bridgehead atoms. The molecule has 0 saturated carbocycles. The lowest BCUT2D eigenvalue weighted by molar-refractivity contribution is -0.318. The van der Waals surface area contributed by atoms with Crippen LogP contribution in [0.1, 0.15) is 6.92 Å². The molecule has 1 saturated heterocycles. The van der Waals surface area contributed by atoms with Crippen LogP contribution in [0.15, 0.2) is 0 Å². The Morgan fingerprint density at radius 3 is 0.744 bits per heavy atom. The van der Waals surface area contributed by atoms with Gasteiger partial charge in [-0.2, -0.15) is 0 Å². The SMILES string of the molecule is CC(O)CN1CCN(CC(=O)[O-])CCN(CC(=O)[O-])CCN(CC(=O)[O-])CC1.CNC(C(=O)[O-])N(CCN(CCN(CC(=O)[O-])C(NC)C(=O)[O-])CC(=O)[O-])CC(=O)[O-].O=C([O-])CN(CCN(CC(=O)[O-])CC(=O)[O-])CCN(CC(=O)[O-])CC(=O)[O-]. The topological polar surface area (TPSA) is 598 Å². The standard InChI is InChI=1S/C17H32N4O7.C16H29N5O10.C14H23N3O10/c1-14(22)10-18-2-4-19(11-15(23)24)6-8-21(13-17(27)28)9-7-20(5-3-18)12-16(25)26;1-17-13(15(28)29)20(8-11(24)25)5-3-19(7-10(22)23)4-6-21(9-12(26)27)14(18-2)16(30)31;18-10(19)5-15(1-3-16(6-11(20)21)7-12(22)23)2-4-17(8-13(24)25)9-14(26)27/h14,22H,2-13H2,1H3,(H,23,24)(H,25,26)(H,27,28);13-14,17-18H,3-9H2,1-2H3,(H,22,23)(H,24,25)(H,26,27)(H,28,29)(H,30,31);1-9H2,(H,18,19)(H,20,21)(H,22,23)(H,24,25)(H,26,27)/p-13. The zero-order valence-corrected chi connectivity index (χ0v) is 47.6. The van der Waals surface area contributed by atoms with E-state index >= 15 is 0 Å². The van der Waals surface area contributed by atoms with Crippen LogP contribution in [0, 0.1) is 0 Å². The van der Waals surface area contributed by atoms with Crippen molar-refractivity contribution in [2.45, 2.75) is 25.4 Å². The fourth-order valence-corrected chi connectivity index (χ4v) is 8.16. The van der Waals surface area contributed by atoms with Gasteiger partial charge in [-0.25, -0.2) is 0 Å². The first-order valence-corrected chi connectivity index (χ1v) is 26.0. The summed E-state index contributed by atoms with van der Waals surface area (Å²) in [5.41, 5.74) is 0. The first kappa shape index (κ1) is 80.7. The Labute approximate surface area is 492 Å². The van der Waals surface area contributed by atoms with E-state index in [1.807, 2.05) is 4.90 Å². The van der Waals surface area contributed by atoms with Gasteiger partial charge in [-0.1, -0.05) is 0 Å². The molecule has 0 radical (unpaired) electrons. The van der Waals surface area contributed by atoms with Gasteiger partial charge in [0.2, 0.25) is 0 Å². The molecule has 3 atom stereocenters. The van der Waals surface area contributed by atoms with Crippen LogP contribution in [-0.4, -0.2) is 347 Å². The first-order valence-electron chi connectivity index (χ1n) is 26.0. The van der Waals surface area contributed by atoms with Gasteiger partial charge >= 0.3 is 0 Å². The van der Waals surface area contributed by atoms with E-state index in [1.54, 1.807) is 21.6 Å². The third kappa shape index (κ3) is 43.3. The number of carboxylic acids is 13. The highest BCUT2D eigenvalue weighted by Crippen LogP contribution is 2.04. The van der Waals surface area contributed by atoms with Crippen molar-refractivity contribution in [1.29, 1.82) is 0 Å². The van der Waals surface area contributed by atoms with Crippen molar-refractivity contribution in [2.24, 2.45) is 0 Å². The number of likely N-dealkylation sites (N-methyl/N-ethyl adjacent to an activating group) is 2. The first-order chi connectivity index (χ1) is 40.1. The lowest BCUT2D eigenvalue weighted by Gasteiger charge is -2.36. The van der Waals surface area contributed by atoms with E-state index in [2.05, 4.69) is 10.6 Å². The Hall–Kier alpha value is -7.41. The molecule has 0 amide bonds. The molecule has 39 heteroatoms. The molecule has 0 aromatic carbocycles. The molecule has 1 aliphatic heterocycles. The van der Waals surface area contributed by atoms with Crippen LogP contribution in [0.3, 0.4) is 0 Å². The lowest BCUT2D eigenvalue weighted by Crippen LogP contribution is -2.60. The van der Waals surface area contributed by atoms with Crippen LogP contribution in [0.5, 0.6) is 0 Å². The third-order valence-corrected chi connectivity index (χ3v) is 11.9. The molecular weight excluding hydrogens is 1160 g/mol. The highest BCUT2D eigenvalue weighted by Gasteiger charge is 2.23. The van der Waals surface area contributed by atoms with Crippen LogP contribution in [0.4, 0.5) is 0 Å². The molecular formula is C47H71N12O27-13. The normalized spacial score (nSPS) is 15.0. The second-order valence-electron chi connectivity index (χ2n) is 19.0. The zero-order chi connectivity index (χ0) is 66.2. The number of carboxylic acid groups (broad SMARTS) is 13. The van der Waals surface area contributed by atoms with E-state index < -0.39 is 148 Å². The van der Waals surface area contributed by atoms with Crippen LogP contribution < -0.4 is 77.0 Å². The van der Waals surface area contributed by atoms with Gasteiger partial charge in [0.05, 0.1) is 83.7 Å². The Bertz CT molecular complexity index is 2030.